The average Bonchev–Trinajstić information content (AvgIpc) is 2.74. The van der Waals surface area contributed by atoms with Crippen molar-refractivity contribution in [2.75, 3.05) is 0 Å². The van der Waals surface area contributed by atoms with Gasteiger partial charge in [-0.15, -0.1) is 5.10 Å². The number of carboxylic acid groups (broad SMARTS) is 1. The van der Waals surface area contributed by atoms with Gasteiger partial charge in [-0.05, 0) is 16.8 Å². The van der Waals surface area contributed by atoms with Crippen molar-refractivity contribution in [3.63, 3.8) is 0 Å². The molecule has 1 atom stereocenters. The van der Waals surface area contributed by atoms with Gasteiger partial charge in [0.2, 0.25) is 5.82 Å². The van der Waals surface area contributed by atoms with Crippen LogP contribution < -0.4 is 0 Å². The Morgan fingerprint density at radius 3 is 2.56 bits per heavy atom. The number of aliphatic carboxylic acids is 1. The molecule has 10 heteroatoms. The van der Waals surface area contributed by atoms with Gasteiger partial charge in [-0.1, -0.05) is 6.92 Å². The fourth-order valence-corrected chi connectivity index (χ4v) is 1.36. The van der Waals surface area contributed by atoms with Crippen LogP contribution in [-0.2, 0) is 10.7 Å². The van der Waals surface area contributed by atoms with E-state index in [0.717, 1.165) is 0 Å². The SMILES string of the molecule is CCC(CC(=O)O)n1nnnc1C(F)(F)C(F)F. The van der Waals surface area contributed by atoms with E-state index in [2.05, 4.69) is 15.5 Å². The van der Waals surface area contributed by atoms with Crippen LogP contribution in [0.2, 0.25) is 0 Å². The fourth-order valence-electron chi connectivity index (χ4n) is 1.36. The van der Waals surface area contributed by atoms with Gasteiger partial charge in [0.1, 0.15) is 0 Å². The summed E-state index contributed by atoms with van der Waals surface area (Å²) in [5, 5.41) is 17.5. The van der Waals surface area contributed by atoms with Gasteiger partial charge < -0.3 is 5.11 Å². The van der Waals surface area contributed by atoms with Crippen molar-refractivity contribution in [1.29, 1.82) is 0 Å². The zero-order chi connectivity index (χ0) is 13.9. The van der Waals surface area contributed by atoms with Gasteiger partial charge in [0, 0.05) is 0 Å². The van der Waals surface area contributed by atoms with E-state index in [9.17, 15) is 22.4 Å². The van der Waals surface area contributed by atoms with Gasteiger partial charge in [-0.3, -0.25) is 4.79 Å². The third-order valence-corrected chi connectivity index (χ3v) is 2.29. The summed E-state index contributed by atoms with van der Waals surface area (Å²) in [5.41, 5.74) is 0. The first-order valence-electron chi connectivity index (χ1n) is 4.96. The standard InChI is InChI=1S/C8H10F4N4O2/c1-2-4(3-5(17)18)16-7(13-14-15-16)8(11,12)6(9)10/h4,6H,2-3H2,1H3,(H,17,18). The highest BCUT2D eigenvalue weighted by Crippen LogP contribution is 2.34. The Labute approximate surface area is 98.6 Å². The van der Waals surface area contributed by atoms with Crippen LogP contribution in [0.3, 0.4) is 0 Å². The molecule has 1 aromatic rings. The molecule has 0 saturated heterocycles. The number of alkyl halides is 4. The quantitative estimate of drug-likeness (QED) is 0.791. The molecule has 1 unspecified atom stereocenters. The van der Waals surface area contributed by atoms with Crippen molar-refractivity contribution in [3.05, 3.63) is 5.82 Å². The third-order valence-electron chi connectivity index (χ3n) is 2.29. The lowest BCUT2D eigenvalue weighted by Crippen LogP contribution is -2.30. The summed E-state index contributed by atoms with van der Waals surface area (Å²) in [5.74, 6) is -7.11. The number of nitrogens with zero attached hydrogens (tertiary/aromatic N) is 4. The highest BCUT2D eigenvalue weighted by Gasteiger charge is 2.48. The maximum Gasteiger partial charge on any atom is 0.367 e. The molecule has 0 aliphatic rings. The van der Waals surface area contributed by atoms with Gasteiger partial charge in [0.05, 0.1) is 12.5 Å². The number of tetrazole rings is 1. The van der Waals surface area contributed by atoms with E-state index in [1.54, 1.807) is 0 Å². The van der Waals surface area contributed by atoms with Crippen molar-refractivity contribution < 1.29 is 27.5 Å². The van der Waals surface area contributed by atoms with Crippen LogP contribution in [0.1, 0.15) is 31.6 Å². The molecule has 6 nitrogen and oxygen atoms in total. The lowest BCUT2D eigenvalue weighted by molar-refractivity contribution is -0.145. The van der Waals surface area contributed by atoms with E-state index in [1.807, 2.05) is 0 Å². The van der Waals surface area contributed by atoms with Crippen molar-refractivity contribution >= 4 is 5.97 Å². The predicted octanol–water partition coefficient (Wildman–Crippen LogP) is 1.46. The van der Waals surface area contributed by atoms with Crippen LogP contribution in [0.25, 0.3) is 0 Å². The molecular weight excluding hydrogens is 260 g/mol. The van der Waals surface area contributed by atoms with Crippen LogP contribution in [-0.4, -0.2) is 37.7 Å². The van der Waals surface area contributed by atoms with E-state index in [0.29, 0.717) is 4.68 Å². The molecule has 0 aliphatic carbocycles. The summed E-state index contributed by atoms with van der Waals surface area (Å²) >= 11 is 0. The minimum atomic E-state index is -4.52. The van der Waals surface area contributed by atoms with E-state index >= 15 is 0 Å². The highest BCUT2D eigenvalue weighted by atomic mass is 19.3. The highest BCUT2D eigenvalue weighted by molar-refractivity contribution is 5.67. The minimum Gasteiger partial charge on any atom is -0.481 e. The lowest BCUT2D eigenvalue weighted by Gasteiger charge is -2.18. The molecule has 1 rings (SSSR count). The van der Waals surface area contributed by atoms with Gasteiger partial charge in [0.15, 0.2) is 0 Å². The summed E-state index contributed by atoms with van der Waals surface area (Å²) in [6.45, 7) is 1.51. The molecular formula is C8H10F4N4O2. The van der Waals surface area contributed by atoms with Crippen molar-refractivity contribution in [2.45, 2.75) is 38.2 Å². The summed E-state index contributed by atoms with van der Waals surface area (Å²) < 4.78 is 51.2. The normalized spacial score (nSPS) is 13.9. The van der Waals surface area contributed by atoms with Gasteiger partial charge in [-0.2, -0.15) is 8.78 Å². The number of carboxylic acids is 1. The van der Waals surface area contributed by atoms with Crippen LogP contribution in [0, 0.1) is 0 Å². The summed E-state index contributed by atoms with van der Waals surface area (Å²) in [7, 11) is 0. The van der Waals surface area contributed by atoms with Crippen molar-refractivity contribution in [1.82, 2.24) is 20.2 Å². The second kappa shape index (κ2) is 5.27. The number of rotatable bonds is 6. The molecule has 0 aromatic carbocycles. The van der Waals surface area contributed by atoms with Crippen LogP contribution in [0.5, 0.6) is 0 Å². The molecule has 0 bridgehead atoms. The Morgan fingerprint density at radius 1 is 1.50 bits per heavy atom. The first-order valence-corrected chi connectivity index (χ1v) is 4.96. The molecule has 0 radical (unpaired) electrons. The third kappa shape index (κ3) is 2.74. The summed E-state index contributed by atoms with van der Waals surface area (Å²) in [6, 6.07) is -1.00. The first-order chi connectivity index (χ1) is 8.30. The minimum absolute atomic E-state index is 0.115. The molecule has 1 aromatic heterocycles. The number of hydrogen-bond acceptors (Lipinski definition) is 4. The Balaban J connectivity index is 3.11. The largest absolute Gasteiger partial charge is 0.481 e. The molecule has 0 saturated carbocycles. The molecule has 1 heterocycles. The van der Waals surface area contributed by atoms with Gasteiger partial charge >= 0.3 is 18.3 Å². The Morgan fingerprint density at radius 2 is 2.11 bits per heavy atom. The Bertz CT molecular complexity index is 423. The van der Waals surface area contributed by atoms with Crippen LogP contribution >= 0.6 is 0 Å². The van der Waals surface area contributed by atoms with E-state index in [-0.39, 0.29) is 6.42 Å². The van der Waals surface area contributed by atoms with Crippen molar-refractivity contribution in [2.24, 2.45) is 0 Å². The average molecular weight is 270 g/mol. The smallest absolute Gasteiger partial charge is 0.367 e. The molecule has 1 N–H and O–H groups in total. The van der Waals surface area contributed by atoms with Gasteiger partial charge in [-0.25, -0.2) is 13.5 Å². The predicted molar refractivity (Wildman–Crippen MR) is 49.3 cm³/mol. The molecule has 102 valence electrons. The lowest BCUT2D eigenvalue weighted by atomic mass is 10.1. The topological polar surface area (TPSA) is 80.9 Å². The van der Waals surface area contributed by atoms with E-state index in [1.165, 1.54) is 6.92 Å². The van der Waals surface area contributed by atoms with Crippen molar-refractivity contribution in [3.8, 4) is 0 Å². The second-order valence-corrected chi connectivity index (χ2v) is 3.53. The molecule has 0 aliphatic heterocycles. The maximum absolute atomic E-state index is 13.1. The molecule has 18 heavy (non-hydrogen) atoms. The van der Waals surface area contributed by atoms with Crippen LogP contribution in [0.15, 0.2) is 0 Å². The fraction of sp³-hybridized carbons (Fsp3) is 0.750. The number of halogens is 4. The second-order valence-electron chi connectivity index (χ2n) is 3.53. The summed E-state index contributed by atoms with van der Waals surface area (Å²) in [4.78, 5) is 10.5. The van der Waals surface area contributed by atoms with Crippen LogP contribution in [0.4, 0.5) is 17.6 Å². The zero-order valence-electron chi connectivity index (χ0n) is 9.23. The monoisotopic (exact) mass is 270 g/mol. The molecule has 0 spiro atoms. The van der Waals surface area contributed by atoms with Gasteiger partial charge in [0.25, 0.3) is 0 Å². The zero-order valence-corrected chi connectivity index (χ0v) is 9.23. The number of carbonyl (C=O) groups is 1. The first kappa shape index (κ1) is 14.3. The number of aromatic nitrogens is 4. The van der Waals surface area contributed by atoms with E-state index < -0.39 is 36.6 Å². The number of hydrogen-bond donors (Lipinski definition) is 1. The maximum atomic E-state index is 13.1. The molecule has 0 fully saturated rings. The van der Waals surface area contributed by atoms with E-state index in [4.69, 9.17) is 5.11 Å². The Kier molecular flexibility index (Phi) is 4.19. The molecule has 0 amide bonds. The summed E-state index contributed by atoms with van der Waals surface area (Å²) in [6.07, 6.45) is -4.39. The Hall–Kier alpha value is -1.74.